The average Bonchev–Trinajstić information content (AvgIpc) is 2.63. The lowest BCUT2D eigenvalue weighted by molar-refractivity contribution is -0.112. The number of rotatable bonds is 7. The van der Waals surface area contributed by atoms with Crippen LogP contribution < -0.4 is 21.1 Å². The zero-order valence-electron chi connectivity index (χ0n) is 14.0. The Hall–Kier alpha value is -3.46. The van der Waals surface area contributed by atoms with E-state index in [-0.39, 0.29) is 5.57 Å². The van der Waals surface area contributed by atoms with Crippen LogP contribution in [0.4, 0.5) is 11.4 Å². The fourth-order valence-electron chi connectivity index (χ4n) is 2.13. The number of ether oxygens (including phenoxy) is 1. The molecule has 0 saturated carbocycles. The molecule has 0 aliphatic heterocycles. The van der Waals surface area contributed by atoms with Gasteiger partial charge in [0.2, 0.25) is 0 Å². The second kappa shape index (κ2) is 8.99. The fourth-order valence-corrected chi connectivity index (χ4v) is 2.13. The number of amides is 1. The summed E-state index contributed by atoms with van der Waals surface area (Å²) in [4.78, 5) is 12.1. The standard InChI is InChI=1S/C19H20N4O2/c1-25-18-4-2-3-14(11-18)9-10-22-13-15(12-20)19(24)23-17-7-5-16(21)6-8-17/h2-8,11,13,22H,9-10,21H2,1H3,(H,23,24)/b15-13-. The van der Waals surface area contributed by atoms with Crippen LogP contribution in [0.2, 0.25) is 0 Å². The Morgan fingerprint density at radius 3 is 2.72 bits per heavy atom. The molecule has 0 atom stereocenters. The molecule has 0 bridgehead atoms. The summed E-state index contributed by atoms with van der Waals surface area (Å²) >= 11 is 0. The Labute approximate surface area is 146 Å². The molecule has 2 rings (SSSR count). The summed E-state index contributed by atoms with van der Waals surface area (Å²) in [5.41, 5.74) is 7.89. The van der Waals surface area contributed by atoms with Crippen LogP contribution in [0.5, 0.6) is 5.75 Å². The van der Waals surface area contributed by atoms with Crippen LogP contribution in [-0.4, -0.2) is 19.6 Å². The molecule has 6 nitrogen and oxygen atoms in total. The minimum atomic E-state index is -0.471. The number of hydrogen-bond acceptors (Lipinski definition) is 5. The van der Waals surface area contributed by atoms with Crippen molar-refractivity contribution in [1.82, 2.24) is 5.32 Å². The number of nitrogens with zero attached hydrogens (tertiary/aromatic N) is 1. The maximum atomic E-state index is 12.1. The molecule has 1 amide bonds. The van der Waals surface area contributed by atoms with Gasteiger partial charge in [-0.15, -0.1) is 0 Å². The molecule has 128 valence electrons. The average molecular weight is 336 g/mol. The highest BCUT2D eigenvalue weighted by molar-refractivity contribution is 6.06. The second-order valence-corrected chi connectivity index (χ2v) is 5.30. The zero-order valence-corrected chi connectivity index (χ0v) is 14.0. The molecule has 2 aromatic rings. The van der Waals surface area contributed by atoms with Gasteiger partial charge in [0.15, 0.2) is 0 Å². The number of carbonyl (C=O) groups is 1. The van der Waals surface area contributed by atoms with E-state index in [0.717, 1.165) is 17.7 Å². The first-order valence-corrected chi connectivity index (χ1v) is 7.76. The first-order chi connectivity index (χ1) is 12.1. The van der Waals surface area contributed by atoms with Gasteiger partial charge in [-0.3, -0.25) is 4.79 Å². The number of nitriles is 1. The SMILES string of the molecule is COc1cccc(CCN/C=C(/C#N)C(=O)Nc2ccc(N)cc2)c1. The number of anilines is 2. The van der Waals surface area contributed by atoms with E-state index in [1.807, 2.05) is 30.3 Å². The predicted octanol–water partition coefficient (Wildman–Crippen LogP) is 2.46. The predicted molar refractivity (Wildman–Crippen MR) is 97.9 cm³/mol. The van der Waals surface area contributed by atoms with Crippen molar-refractivity contribution >= 4 is 17.3 Å². The lowest BCUT2D eigenvalue weighted by atomic mass is 10.1. The van der Waals surface area contributed by atoms with E-state index >= 15 is 0 Å². The van der Waals surface area contributed by atoms with Crippen LogP contribution in [0, 0.1) is 11.3 Å². The monoisotopic (exact) mass is 336 g/mol. The minimum absolute atomic E-state index is 0.00228. The Morgan fingerprint density at radius 2 is 2.04 bits per heavy atom. The van der Waals surface area contributed by atoms with Crippen molar-refractivity contribution in [3.8, 4) is 11.8 Å². The first kappa shape index (κ1) is 17.9. The molecule has 0 fully saturated rings. The Balaban J connectivity index is 1.87. The number of hydrogen-bond donors (Lipinski definition) is 3. The van der Waals surface area contributed by atoms with Gasteiger partial charge < -0.3 is 21.1 Å². The van der Waals surface area contributed by atoms with Gasteiger partial charge in [0, 0.05) is 24.1 Å². The summed E-state index contributed by atoms with van der Waals surface area (Å²) in [7, 11) is 1.62. The molecule has 0 spiro atoms. The van der Waals surface area contributed by atoms with Crippen molar-refractivity contribution in [1.29, 1.82) is 5.26 Å². The van der Waals surface area contributed by atoms with Crippen molar-refractivity contribution in [2.24, 2.45) is 0 Å². The Morgan fingerprint density at radius 1 is 1.28 bits per heavy atom. The van der Waals surface area contributed by atoms with Gasteiger partial charge in [-0.05, 0) is 48.4 Å². The number of benzene rings is 2. The van der Waals surface area contributed by atoms with E-state index in [4.69, 9.17) is 15.7 Å². The summed E-state index contributed by atoms with van der Waals surface area (Å²) in [6.07, 6.45) is 2.17. The van der Waals surface area contributed by atoms with Gasteiger partial charge in [-0.2, -0.15) is 5.26 Å². The highest BCUT2D eigenvalue weighted by Gasteiger charge is 2.08. The summed E-state index contributed by atoms with van der Waals surface area (Å²) in [5.74, 6) is 0.329. The molecule has 25 heavy (non-hydrogen) atoms. The third kappa shape index (κ3) is 5.59. The maximum absolute atomic E-state index is 12.1. The number of nitrogens with one attached hydrogen (secondary N) is 2. The molecule has 0 radical (unpaired) electrons. The normalized spacial score (nSPS) is 10.6. The summed E-state index contributed by atoms with van der Waals surface area (Å²) < 4.78 is 5.18. The van der Waals surface area contributed by atoms with Crippen LogP contribution >= 0.6 is 0 Å². The van der Waals surface area contributed by atoms with Crippen LogP contribution in [0.3, 0.4) is 0 Å². The van der Waals surface area contributed by atoms with Crippen molar-refractivity contribution in [2.75, 3.05) is 24.7 Å². The molecule has 4 N–H and O–H groups in total. The van der Waals surface area contributed by atoms with Crippen LogP contribution in [0.15, 0.2) is 60.3 Å². The molecule has 0 aliphatic carbocycles. The molecule has 6 heteroatoms. The summed E-state index contributed by atoms with van der Waals surface area (Å²) in [6, 6.07) is 16.4. The number of nitrogen functional groups attached to an aromatic ring is 1. The van der Waals surface area contributed by atoms with Crippen LogP contribution in [-0.2, 0) is 11.2 Å². The van der Waals surface area contributed by atoms with Crippen LogP contribution in [0.25, 0.3) is 0 Å². The molecule has 0 aliphatic rings. The van der Waals surface area contributed by atoms with E-state index in [9.17, 15) is 4.79 Å². The van der Waals surface area contributed by atoms with E-state index < -0.39 is 5.91 Å². The van der Waals surface area contributed by atoms with Crippen molar-refractivity contribution in [2.45, 2.75) is 6.42 Å². The maximum Gasteiger partial charge on any atom is 0.267 e. The van der Waals surface area contributed by atoms with E-state index in [1.165, 1.54) is 6.20 Å². The molecule has 0 saturated heterocycles. The fraction of sp³-hybridized carbons (Fsp3) is 0.158. The summed E-state index contributed by atoms with van der Waals surface area (Å²) in [6.45, 7) is 0.591. The Bertz CT molecular complexity index is 792. The van der Waals surface area contributed by atoms with Crippen LogP contribution in [0.1, 0.15) is 5.56 Å². The highest BCUT2D eigenvalue weighted by Crippen LogP contribution is 2.13. The van der Waals surface area contributed by atoms with Gasteiger partial charge in [-0.1, -0.05) is 12.1 Å². The molecule has 0 unspecified atom stereocenters. The summed E-state index contributed by atoms with van der Waals surface area (Å²) in [5, 5.41) is 14.8. The molecular formula is C19H20N4O2. The molecule has 0 heterocycles. The van der Waals surface area contributed by atoms with E-state index in [2.05, 4.69) is 10.6 Å². The van der Waals surface area contributed by atoms with Gasteiger partial charge in [0.25, 0.3) is 5.91 Å². The van der Waals surface area contributed by atoms with Crippen molar-refractivity contribution < 1.29 is 9.53 Å². The number of carbonyl (C=O) groups excluding carboxylic acids is 1. The molecule has 2 aromatic carbocycles. The molecule has 0 aromatic heterocycles. The number of methoxy groups -OCH3 is 1. The van der Waals surface area contributed by atoms with Gasteiger partial charge >= 0.3 is 0 Å². The van der Waals surface area contributed by atoms with Gasteiger partial charge in [0.1, 0.15) is 17.4 Å². The van der Waals surface area contributed by atoms with E-state index in [1.54, 1.807) is 31.4 Å². The smallest absolute Gasteiger partial charge is 0.267 e. The Kier molecular flexibility index (Phi) is 6.43. The zero-order chi connectivity index (χ0) is 18.1. The third-order valence-electron chi connectivity index (χ3n) is 3.47. The minimum Gasteiger partial charge on any atom is -0.497 e. The van der Waals surface area contributed by atoms with E-state index in [0.29, 0.717) is 17.9 Å². The highest BCUT2D eigenvalue weighted by atomic mass is 16.5. The second-order valence-electron chi connectivity index (χ2n) is 5.30. The lowest BCUT2D eigenvalue weighted by Gasteiger charge is -2.06. The largest absolute Gasteiger partial charge is 0.497 e. The topological polar surface area (TPSA) is 100 Å². The van der Waals surface area contributed by atoms with Gasteiger partial charge in [-0.25, -0.2) is 0 Å². The number of nitrogens with two attached hydrogens (primary N) is 1. The van der Waals surface area contributed by atoms with Gasteiger partial charge in [0.05, 0.1) is 7.11 Å². The lowest BCUT2D eigenvalue weighted by Crippen LogP contribution is -2.18. The van der Waals surface area contributed by atoms with Crippen molar-refractivity contribution in [3.63, 3.8) is 0 Å². The van der Waals surface area contributed by atoms with Crippen molar-refractivity contribution in [3.05, 3.63) is 65.9 Å². The quantitative estimate of drug-likeness (QED) is 0.312. The first-order valence-electron chi connectivity index (χ1n) is 7.76. The third-order valence-corrected chi connectivity index (χ3v) is 3.47. The molecular weight excluding hydrogens is 316 g/mol.